The zero-order valence-electron chi connectivity index (χ0n) is 10.4. The topological polar surface area (TPSA) is 58.2 Å². The smallest absolute Gasteiger partial charge is 0.220 e. The lowest BCUT2D eigenvalue weighted by molar-refractivity contribution is -0.121. The van der Waals surface area contributed by atoms with Crippen LogP contribution in [-0.2, 0) is 9.59 Å². The molecule has 0 saturated carbocycles. The van der Waals surface area contributed by atoms with Crippen molar-refractivity contribution < 1.29 is 9.59 Å². The third kappa shape index (κ3) is 8.26. The van der Waals surface area contributed by atoms with Gasteiger partial charge in [-0.1, -0.05) is 26.7 Å². The minimum Gasteiger partial charge on any atom is -0.356 e. The monoisotopic (exact) mass is 228 g/mol. The Labute approximate surface area is 98.2 Å². The zero-order chi connectivity index (χ0) is 12.2. The first-order chi connectivity index (χ1) is 7.74. The predicted octanol–water partition coefficient (Wildman–Crippen LogP) is 1.60. The Morgan fingerprint density at radius 2 is 2.06 bits per heavy atom. The molecule has 0 aromatic carbocycles. The third-order valence-electron chi connectivity index (χ3n) is 2.62. The van der Waals surface area contributed by atoms with Gasteiger partial charge >= 0.3 is 0 Å². The number of unbranched alkanes of at least 4 members (excludes halogenated alkanes) is 2. The summed E-state index contributed by atoms with van der Waals surface area (Å²) in [6.07, 6.45) is 6.14. The van der Waals surface area contributed by atoms with Gasteiger partial charge in [-0.25, -0.2) is 0 Å². The van der Waals surface area contributed by atoms with E-state index in [1.165, 1.54) is 0 Å². The molecular weight excluding hydrogens is 204 g/mol. The standard InChI is InChI=1S/C12H24N2O2/c1-3-5-6-9-13-12(16)8-7-11(4-2)14-10-15/h10-11H,3-9H2,1-2H3,(H,13,16)(H,14,15). The number of carbonyl (C=O) groups excluding carboxylic acids is 2. The molecule has 2 N–H and O–H groups in total. The van der Waals surface area contributed by atoms with Crippen LogP contribution in [0.3, 0.4) is 0 Å². The lowest BCUT2D eigenvalue weighted by Gasteiger charge is -2.13. The molecule has 0 aliphatic carbocycles. The summed E-state index contributed by atoms with van der Waals surface area (Å²) in [4.78, 5) is 21.7. The van der Waals surface area contributed by atoms with Crippen molar-refractivity contribution in [3.63, 3.8) is 0 Å². The van der Waals surface area contributed by atoms with E-state index in [0.717, 1.165) is 38.6 Å². The molecule has 0 spiro atoms. The predicted molar refractivity (Wildman–Crippen MR) is 65.0 cm³/mol. The van der Waals surface area contributed by atoms with Crippen molar-refractivity contribution in [2.24, 2.45) is 0 Å². The Morgan fingerprint density at radius 3 is 2.62 bits per heavy atom. The number of hydrogen-bond acceptors (Lipinski definition) is 2. The second kappa shape index (κ2) is 10.5. The van der Waals surface area contributed by atoms with Crippen LogP contribution < -0.4 is 10.6 Å². The van der Waals surface area contributed by atoms with Crippen LogP contribution >= 0.6 is 0 Å². The molecule has 16 heavy (non-hydrogen) atoms. The number of amides is 2. The van der Waals surface area contributed by atoms with E-state index in [1.807, 2.05) is 6.92 Å². The van der Waals surface area contributed by atoms with Gasteiger partial charge in [0.2, 0.25) is 12.3 Å². The maximum absolute atomic E-state index is 11.4. The van der Waals surface area contributed by atoms with Gasteiger partial charge in [0.25, 0.3) is 0 Å². The summed E-state index contributed by atoms with van der Waals surface area (Å²) in [5.74, 6) is 0.0854. The highest BCUT2D eigenvalue weighted by molar-refractivity contribution is 5.75. The van der Waals surface area contributed by atoms with Gasteiger partial charge in [-0.2, -0.15) is 0 Å². The number of hydrogen-bond donors (Lipinski definition) is 2. The first-order valence-electron chi connectivity index (χ1n) is 6.20. The second-order valence-electron chi connectivity index (χ2n) is 3.99. The quantitative estimate of drug-likeness (QED) is 0.441. The van der Waals surface area contributed by atoms with Gasteiger partial charge < -0.3 is 10.6 Å². The molecule has 94 valence electrons. The fourth-order valence-corrected chi connectivity index (χ4v) is 1.50. The van der Waals surface area contributed by atoms with Crippen molar-refractivity contribution in [2.45, 2.75) is 58.4 Å². The van der Waals surface area contributed by atoms with Gasteiger partial charge in [0.1, 0.15) is 0 Å². The molecule has 0 aromatic rings. The molecule has 1 atom stereocenters. The normalized spacial score (nSPS) is 11.9. The molecule has 0 saturated heterocycles. The highest BCUT2D eigenvalue weighted by Crippen LogP contribution is 2.01. The zero-order valence-corrected chi connectivity index (χ0v) is 10.4. The first kappa shape index (κ1) is 14.9. The molecule has 0 radical (unpaired) electrons. The molecule has 0 fully saturated rings. The number of carbonyl (C=O) groups is 2. The Balaban J connectivity index is 3.51. The van der Waals surface area contributed by atoms with Crippen molar-refractivity contribution in [3.8, 4) is 0 Å². The first-order valence-corrected chi connectivity index (χ1v) is 6.20. The van der Waals surface area contributed by atoms with Crippen LogP contribution in [0, 0.1) is 0 Å². The molecule has 0 aliphatic rings. The van der Waals surface area contributed by atoms with Gasteiger partial charge in [-0.3, -0.25) is 9.59 Å². The molecule has 0 aromatic heterocycles. The fourth-order valence-electron chi connectivity index (χ4n) is 1.50. The van der Waals surface area contributed by atoms with Crippen LogP contribution in [0.15, 0.2) is 0 Å². The Morgan fingerprint density at radius 1 is 1.31 bits per heavy atom. The highest BCUT2D eigenvalue weighted by Gasteiger charge is 2.07. The van der Waals surface area contributed by atoms with Crippen LogP contribution in [-0.4, -0.2) is 24.9 Å². The molecule has 4 nitrogen and oxygen atoms in total. The minimum atomic E-state index is 0.0854. The molecule has 0 heterocycles. The summed E-state index contributed by atoms with van der Waals surface area (Å²) in [5, 5.41) is 5.59. The van der Waals surface area contributed by atoms with Crippen LogP contribution in [0.4, 0.5) is 0 Å². The van der Waals surface area contributed by atoms with Gasteiger partial charge in [0.05, 0.1) is 0 Å². The van der Waals surface area contributed by atoms with Gasteiger partial charge in [0, 0.05) is 19.0 Å². The number of rotatable bonds is 10. The maximum Gasteiger partial charge on any atom is 0.220 e. The maximum atomic E-state index is 11.4. The Kier molecular flexibility index (Phi) is 9.76. The summed E-state index contributed by atoms with van der Waals surface area (Å²) in [6, 6.07) is 0.124. The summed E-state index contributed by atoms with van der Waals surface area (Å²) in [7, 11) is 0. The van der Waals surface area contributed by atoms with Crippen molar-refractivity contribution >= 4 is 12.3 Å². The average molecular weight is 228 g/mol. The van der Waals surface area contributed by atoms with Crippen molar-refractivity contribution in [2.75, 3.05) is 6.54 Å². The molecule has 0 bridgehead atoms. The van der Waals surface area contributed by atoms with E-state index >= 15 is 0 Å². The van der Waals surface area contributed by atoms with E-state index in [1.54, 1.807) is 0 Å². The number of nitrogens with one attached hydrogen (secondary N) is 2. The largest absolute Gasteiger partial charge is 0.356 e. The van der Waals surface area contributed by atoms with Crippen molar-refractivity contribution in [1.29, 1.82) is 0 Å². The van der Waals surface area contributed by atoms with E-state index in [0.29, 0.717) is 12.8 Å². The Bertz CT molecular complexity index is 195. The van der Waals surface area contributed by atoms with E-state index in [2.05, 4.69) is 17.6 Å². The molecule has 2 amide bonds. The summed E-state index contributed by atoms with van der Waals surface area (Å²) in [5.41, 5.74) is 0. The average Bonchev–Trinajstić information content (AvgIpc) is 2.30. The second-order valence-corrected chi connectivity index (χ2v) is 3.99. The van der Waals surface area contributed by atoms with E-state index in [4.69, 9.17) is 0 Å². The van der Waals surface area contributed by atoms with Crippen molar-refractivity contribution in [1.82, 2.24) is 10.6 Å². The molecule has 0 rings (SSSR count). The highest BCUT2D eigenvalue weighted by atomic mass is 16.1. The van der Waals surface area contributed by atoms with E-state index in [-0.39, 0.29) is 11.9 Å². The van der Waals surface area contributed by atoms with Gasteiger partial charge in [-0.05, 0) is 19.3 Å². The van der Waals surface area contributed by atoms with Crippen LogP contribution in [0.2, 0.25) is 0 Å². The van der Waals surface area contributed by atoms with Crippen LogP contribution in [0.1, 0.15) is 52.4 Å². The van der Waals surface area contributed by atoms with Gasteiger partial charge in [-0.15, -0.1) is 0 Å². The lowest BCUT2D eigenvalue weighted by atomic mass is 10.1. The third-order valence-corrected chi connectivity index (χ3v) is 2.62. The molecular formula is C12H24N2O2. The van der Waals surface area contributed by atoms with Crippen molar-refractivity contribution in [3.05, 3.63) is 0 Å². The minimum absolute atomic E-state index is 0.0854. The SMILES string of the molecule is CCCCCNC(=O)CCC(CC)NC=O. The van der Waals surface area contributed by atoms with Crippen LogP contribution in [0.25, 0.3) is 0 Å². The van der Waals surface area contributed by atoms with Gasteiger partial charge in [0.15, 0.2) is 0 Å². The fraction of sp³-hybridized carbons (Fsp3) is 0.833. The summed E-state index contributed by atoms with van der Waals surface area (Å²) in [6.45, 7) is 4.91. The molecule has 0 aliphatic heterocycles. The summed E-state index contributed by atoms with van der Waals surface area (Å²) < 4.78 is 0. The van der Waals surface area contributed by atoms with E-state index in [9.17, 15) is 9.59 Å². The molecule has 1 unspecified atom stereocenters. The molecule has 4 heteroatoms. The lowest BCUT2D eigenvalue weighted by Crippen LogP contribution is -2.30. The summed E-state index contributed by atoms with van der Waals surface area (Å²) >= 11 is 0. The van der Waals surface area contributed by atoms with Crippen LogP contribution in [0.5, 0.6) is 0 Å². The Hall–Kier alpha value is -1.06. The van der Waals surface area contributed by atoms with E-state index < -0.39 is 0 Å².